The van der Waals surface area contributed by atoms with Crippen molar-refractivity contribution in [2.75, 3.05) is 13.1 Å². The lowest BCUT2D eigenvalue weighted by Crippen LogP contribution is -2.42. The number of hydrazine groups is 1. The fourth-order valence-corrected chi connectivity index (χ4v) is 3.69. The van der Waals surface area contributed by atoms with Crippen LogP contribution < -0.4 is 11.3 Å². The first-order valence-electron chi connectivity index (χ1n) is 8.52. The van der Waals surface area contributed by atoms with Gasteiger partial charge in [0.05, 0.1) is 12.2 Å². The van der Waals surface area contributed by atoms with Crippen LogP contribution in [0.3, 0.4) is 0 Å². The second kappa shape index (κ2) is 6.95. The van der Waals surface area contributed by atoms with Gasteiger partial charge in [0.1, 0.15) is 5.69 Å². The summed E-state index contributed by atoms with van der Waals surface area (Å²) in [6.45, 7) is 0.302. The van der Waals surface area contributed by atoms with Crippen molar-refractivity contribution in [1.82, 2.24) is 25.3 Å². The van der Waals surface area contributed by atoms with Crippen LogP contribution in [0.5, 0.6) is 0 Å². The standard InChI is InChI=1S/C15H23FN6O3/c16-15(5-7-21(8-6-15)14(24)25)12-9-22(20-19-12)11-3-1-10(2-4-11)13(23)18-17/h9-11H,1-8,17H2,(H,18,23)(H,24,25)/t10-,11-. The first-order valence-corrected chi connectivity index (χ1v) is 8.52. The molecular formula is C15H23FN6O3. The molecule has 25 heavy (non-hydrogen) atoms. The molecule has 1 saturated heterocycles. The monoisotopic (exact) mass is 354 g/mol. The number of amides is 2. The number of alkyl halides is 1. The molecule has 1 aliphatic heterocycles. The SMILES string of the molecule is NNC(=O)[C@H]1CC[C@H](n2cc(C3(F)CCN(C(=O)O)CC3)nn2)CC1. The highest BCUT2D eigenvalue weighted by Gasteiger charge is 2.40. The molecule has 0 radical (unpaired) electrons. The fourth-order valence-electron chi connectivity index (χ4n) is 3.69. The Balaban J connectivity index is 1.61. The molecule has 0 aromatic carbocycles. The van der Waals surface area contributed by atoms with E-state index in [4.69, 9.17) is 10.9 Å². The van der Waals surface area contributed by atoms with Crippen molar-refractivity contribution in [3.8, 4) is 0 Å². The number of halogens is 1. The van der Waals surface area contributed by atoms with Crippen LogP contribution in [0, 0.1) is 5.92 Å². The smallest absolute Gasteiger partial charge is 0.407 e. The number of carbonyl (C=O) groups is 2. The number of carbonyl (C=O) groups excluding carboxylic acids is 1. The third-order valence-electron chi connectivity index (χ3n) is 5.38. The molecule has 0 unspecified atom stereocenters. The third kappa shape index (κ3) is 3.58. The molecule has 1 aromatic heterocycles. The van der Waals surface area contributed by atoms with E-state index in [9.17, 15) is 9.59 Å². The first-order chi connectivity index (χ1) is 11.9. The lowest BCUT2D eigenvalue weighted by Gasteiger charge is -2.33. The Hall–Kier alpha value is -2.23. The molecule has 0 spiro atoms. The minimum absolute atomic E-state index is 0.0847. The number of nitrogens with one attached hydrogen (secondary N) is 1. The fraction of sp³-hybridized carbons (Fsp3) is 0.733. The molecule has 1 aliphatic carbocycles. The summed E-state index contributed by atoms with van der Waals surface area (Å²) in [5, 5.41) is 17.0. The lowest BCUT2D eigenvalue weighted by atomic mass is 9.85. The second-order valence-corrected chi connectivity index (χ2v) is 6.83. The Kier molecular flexibility index (Phi) is 4.89. The maximum atomic E-state index is 15.1. The molecule has 10 heteroatoms. The number of likely N-dealkylation sites (tertiary alicyclic amines) is 1. The molecule has 9 nitrogen and oxygen atoms in total. The number of aromatic nitrogens is 3. The van der Waals surface area contributed by atoms with Crippen molar-refractivity contribution < 1.29 is 19.1 Å². The molecule has 1 aromatic rings. The van der Waals surface area contributed by atoms with Gasteiger partial charge in [-0.05, 0) is 25.7 Å². The van der Waals surface area contributed by atoms with E-state index in [2.05, 4.69) is 15.7 Å². The Labute approximate surface area is 144 Å². The van der Waals surface area contributed by atoms with Crippen LogP contribution in [0.25, 0.3) is 0 Å². The average molecular weight is 354 g/mol. The van der Waals surface area contributed by atoms with Crippen molar-refractivity contribution in [3.63, 3.8) is 0 Å². The molecule has 3 rings (SSSR count). The lowest BCUT2D eigenvalue weighted by molar-refractivity contribution is -0.126. The van der Waals surface area contributed by atoms with Crippen LogP contribution in [-0.2, 0) is 10.5 Å². The third-order valence-corrected chi connectivity index (χ3v) is 5.38. The van der Waals surface area contributed by atoms with Crippen LogP contribution >= 0.6 is 0 Å². The molecule has 2 fully saturated rings. The first kappa shape index (κ1) is 17.6. The van der Waals surface area contributed by atoms with E-state index < -0.39 is 11.8 Å². The number of rotatable bonds is 3. The molecule has 0 atom stereocenters. The number of hydrogen-bond donors (Lipinski definition) is 3. The number of nitrogens with zero attached hydrogens (tertiary/aromatic N) is 4. The normalized spacial score (nSPS) is 26.2. The van der Waals surface area contributed by atoms with Crippen LogP contribution in [0.2, 0.25) is 0 Å². The summed E-state index contributed by atoms with van der Waals surface area (Å²) in [7, 11) is 0. The molecule has 2 aliphatic rings. The largest absolute Gasteiger partial charge is 0.465 e. The van der Waals surface area contributed by atoms with Gasteiger partial charge in [0.15, 0.2) is 5.67 Å². The van der Waals surface area contributed by atoms with Gasteiger partial charge in [0.25, 0.3) is 0 Å². The van der Waals surface area contributed by atoms with Crippen molar-refractivity contribution in [1.29, 1.82) is 0 Å². The van der Waals surface area contributed by atoms with E-state index in [-0.39, 0.29) is 49.5 Å². The summed E-state index contributed by atoms with van der Waals surface area (Å²) in [5.41, 5.74) is 0.809. The Morgan fingerprint density at radius 3 is 2.48 bits per heavy atom. The van der Waals surface area contributed by atoms with E-state index in [1.807, 2.05) is 0 Å². The topological polar surface area (TPSA) is 126 Å². The predicted molar refractivity (Wildman–Crippen MR) is 85.0 cm³/mol. The highest BCUT2D eigenvalue weighted by Crippen LogP contribution is 2.37. The van der Waals surface area contributed by atoms with Gasteiger partial charge in [-0.1, -0.05) is 5.21 Å². The zero-order valence-corrected chi connectivity index (χ0v) is 13.9. The van der Waals surface area contributed by atoms with E-state index in [1.165, 1.54) is 4.90 Å². The summed E-state index contributed by atoms with van der Waals surface area (Å²) in [6.07, 6.45) is 3.70. The van der Waals surface area contributed by atoms with Gasteiger partial charge in [-0.25, -0.2) is 19.7 Å². The molecule has 1 saturated carbocycles. The molecule has 0 bridgehead atoms. The molecule has 138 valence electrons. The molecule has 4 N–H and O–H groups in total. The maximum absolute atomic E-state index is 15.1. The van der Waals surface area contributed by atoms with E-state index in [0.29, 0.717) is 12.8 Å². The highest BCUT2D eigenvalue weighted by molar-refractivity contribution is 5.78. The minimum atomic E-state index is -1.64. The Bertz CT molecular complexity index is 635. The van der Waals surface area contributed by atoms with Gasteiger partial charge >= 0.3 is 6.09 Å². The summed E-state index contributed by atoms with van der Waals surface area (Å²) in [5.74, 6) is 4.94. The maximum Gasteiger partial charge on any atom is 0.407 e. The Morgan fingerprint density at radius 2 is 1.92 bits per heavy atom. The van der Waals surface area contributed by atoms with Gasteiger partial charge in [-0.3, -0.25) is 10.2 Å². The second-order valence-electron chi connectivity index (χ2n) is 6.83. The van der Waals surface area contributed by atoms with Crippen molar-refractivity contribution in [3.05, 3.63) is 11.9 Å². The zero-order chi connectivity index (χ0) is 18.0. The van der Waals surface area contributed by atoms with E-state index in [0.717, 1.165) is 12.8 Å². The van der Waals surface area contributed by atoms with E-state index in [1.54, 1.807) is 10.9 Å². The predicted octanol–water partition coefficient (Wildman–Crippen LogP) is 0.938. The number of nitrogens with two attached hydrogens (primary N) is 1. The number of hydrogen-bond acceptors (Lipinski definition) is 5. The van der Waals surface area contributed by atoms with Gasteiger partial charge < -0.3 is 10.0 Å². The van der Waals surface area contributed by atoms with Crippen LogP contribution in [0.4, 0.5) is 9.18 Å². The van der Waals surface area contributed by atoms with Crippen LogP contribution in [0.15, 0.2) is 6.20 Å². The summed E-state index contributed by atoms with van der Waals surface area (Å²) < 4.78 is 16.8. The molecular weight excluding hydrogens is 331 g/mol. The van der Waals surface area contributed by atoms with Crippen LogP contribution in [0.1, 0.15) is 50.3 Å². The van der Waals surface area contributed by atoms with Crippen molar-refractivity contribution in [2.45, 2.75) is 50.2 Å². The number of piperidine rings is 1. The van der Waals surface area contributed by atoms with Gasteiger partial charge in [-0.15, -0.1) is 5.10 Å². The van der Waals surface area contributed by atoms with E-state index >= 15 is 4.39 Å². The average Bonchev–Trinajstić information content (AvgIpc) is 3.12. The minimum Gasteiger partial charge on any atom is -0.465 e. The van der Waals surface area contributed by atoms with Gasteiger partial charge in [0, 0.05) is 31.8 Å². The quantitative estimate of drug-likeness (QED) is 0.421. The van der Waals surface area contributed by atoms with Crippen molar-refractivity contribution >= 4 is 12.0 Å². The summed E-state index contributed by atoms with van der Waals surface area (Å²) >= 11 is 0. The van der Waals surface area contributed by atoms with Crippen molar-refractivity contribution in [2.24, 2.45) is 11.8 Å². The molecule has 2 heterocycles. The van der Waals surface area contributed by atoms with Gasteiger partial charge in [-0.2, -0.15) is 0 Å². The molecule has 2 amide bonds. The Morgan fingerprint density at radius 1 is 1.28 bits per heavy atom. The zero-order valence-electron chi connectivity index (χ0n) is 13.9. The van der Waals surface area contributed by atoms with Gasteiger partial charge in [0.2, 0.25) is 5.91 Å². The van der Waals surface area contributed by atoms with Crippen LogP contribution in [-0.4, -0.2) is 50.1 Å². The highest BCUT2D eigenvalue weighted by atomic mass is 19.1. The number of carboxylic acid groups (broad SMARTS) is 1. The summed E-state index contributed by atoms with van der Waals surface area (Å²) in [4.78, 5) is 23.7. The summed E-state index contributed by atoms with van der Waals surface area (Å²) in [6, 6.07) is 0.0887.